The molecule has 2 nitrogen and oxygen atoms in total. The maximum Gasteiger partial charge on any atom is 0.416 e. The van der Waals surface area contributed by atoms with Crippen molar-refractivity contribution in [1.82, 2.24) is 0 Å². The van der Waals surface area contributed by atoms with Crippen LogP contribution in [0.1, 0.15) is 37.0 Å². The number of fused-ring (bicyclic) bond motifs is 1. The second-order valence-corrected chi connectivity index (χ2v) is 6.41. The maximum atomic E-state index is 12.7. The highest BCUT2D eigenvalue weighted by atomic mass is 32.2. The summed E-state index contributed by atoms with van der Waals surface area (Å²) in [5, 5.41) is -0.137. The highest BCUT2D eigenvalue weighted by Crippen LogP contribution is 2.33. The Labute approximate surface area is 113 Å². The highest BCUT2D eigenvalue weighted by Gasteiger charge is 2.33. The Kier molecular flexibility index (Phi) is 3.92. The molecule has 1 unspecified atom stereocenters. The lowest BCUT2D eigenvalue weighted by molar-refractivity contribution is -0.137. The zero-order valence-electron chi connectivity index (χ0n) is 10.6. The highest BCUT2D eigenvalue weighted by molar-refractivity contribution is 7.90. The van der Waals surface area contributed by atoms with Gasteiger partial charge in [-0.1, -0.05) is 10.5 Å². The molecule has 1 atom stereocenters. The molecule has 0 bridgehead atoms. The fraction of sp³-hybridized carbons (Fsp3) is 0.462. The Morgan fingerprint density at radius 1 is 1.26 bits per heavy atom. The number of aryl methyl sites for hydroxylation is 1. The van der Waals surface area contributed by atoms with E-state index in [0.717, 1.165) is 17.7 Å². The second-order valence-electron chi connectivity index (χ2n) is 4.73. The molecule has 0 saturated carbocycles. The molecule has 0 fully saturated rings. The van der Waals surface area contributed by atoms with E-state index in [4.69, 9.17) is 0 Å². The minimum Gasteiger partial charge on any atom is -0.591 e. The van der Waals surface area contributed by atoms with Crippen LogP contribution in [0, 0.1) is 0 Å². The fourth-order valence-corrected chi connectivity index (χ4v) is 2.55. The topological polar surface area (TPSA) is 35.4 Å². The van der Waals surface area contributed by atoms with Gasteiger partial charge in [-0.3, -0.25) is 0 Å². The molecule has 0 spiro atoms. The number of rotatable bonds is 2. The third-order valence-electron chi connectivity index (χ3n) is 2.98. The van der Waals surface area contributed by atoms with Gasteiger partial charge in [0.05, 0.1) is 22.6 Å². The van der Waals surface area contributed by atoms with Gasteiger partial charge in [-0.05, 0) is 44.4 Å². The van der Waals surface area contributed by atoms with Crippen molar-refractivity contribution >= 4 is 17.1 Å². The lowest BCUT2D eigenvalue weighted by Crippen LogP contribution is -2.13. The van der Waals surface area contributed by atoms with Crippen molar-refractivity contribution < 1.29 is 17.7 Å². The first-order chi connectivity index (χ1) is 8.79. The summed E-state index contributed by atoms with van der Waals surface area (Å²) in [5.74, 6) is 0. The first-order valence-corrected chi connectivity index (χ1v) is 7.15. The number of nitrogens with zero attached hydrogens (tertiary/aromatic N) is 1. The van der Waals surface area contributed by atoms with Crippen molar-refractivity contribution in [2.45, 2.75) is 38.1 Å². The molecule has 1 aromatic carbocycles. The fourth-order valence-electron chi connectivity index (χ4n) is 1.94. The van der Waals surface area contributed by atoms with Crippen LogP contribution >= 0.6 is 0 Å². The standard InChI is InChI=1S/C13H14F3NOS/c1-8(2)19(18)17-12-6-4-9-3-5-10(7-11(9)12)13(14,15)16/h3,5,7-8H,4,6H2,1-2H3/b17-12+. The molecule has 1 aliphatic carbocycles. The van der Waals surface area contributed by atoms with E-state index in [1.165, 1.54) is 6.07 Å². The number of halogens is 3. The molecule has 0 heterocycles. The minimum absolute atomic E-state index is 0.137. The predicted octanol–water partition coefficient (Wildman–Crippen LogP) is 3.51. The first kappa shape index (κ1) is 14.4. The average molecular weight is 289 g/mol. The molecule has 19 heavy (non-hydrogen) atoms. The van der Waals surface area contributed by atoms with Crippen LogP contribution in [0.15, 0.2) is 22.6 Å². The molecule has 1 aliphatic rings. The summed E-state index contributed by atoms with van der Waals surface area (Å²) >= 11 is -1.39. The van der Waals surface area contributed by atoms with Crippen molar-refractivity contribution in [2.75, 3.05) is 0 Å². The summed E-state index contributed by atoms with van der Waals surface area (Å²) in [7, 11) is 0. The molecule has 1 aromatic rings. The molecule has 0 amide bonds. The summed E-state index contributed by atoms with van der Waals surface area (Å²) in [5.41, 5.74) is 1.17. The largest absolute Gasteiger partial charge is 0.591 e. The van der Waals surface area contributed by atoms with Crippen molar-refractivity contribution in [1.29, 1.82) is 0 Å². The van der Waals surface area contributed by atoms with E-state index in [1.807, 2.05) is 0 Å². The Balaban J connectivity index is 2.38. The van der Waals surface area contributed by atoms with E-state index in [9.17, 15) is 17.7 Å². The van der Waals surface area contributed by atoms with Gasteiger partial charge in [-0.15, -0.1) is 0 Å². The summed E-state index contributed by atoms with van der Waals surface area (Å²) < 4.78 is 53.8. The van der Waals surface area contributed by atoms with Crippen LogP contribution in [-0.4, -0.2) is 15.5 Å². The molecular weight excluding hydrogens is 275 g/mol. The second kappa shape index (κ2) is 5.17. The Morgan fingerprint density at radius 3 is 2.53 bits per heavy atom. The summed E-state index contributed by atoms with van der Waals surface area (Å²) in [6, 6.07) is 3.68. The lowest BCUT2D eigenvalue weighted by Gasteiger charge is -2.10. The zero-order chi connectivity index (χ0) is 14.2. The molecule has 2 rings (SSSR count). The van der Waals surface area contributed by atoms with E-state index in [0.29, 0.717) is 24.1 Å². The molecule has 6 heteroatoms. The molecule has 104 valence electrons. The molecule has 0 aromatic heterocycles. The molecular formula is C13H14F3NOS. The smallest absolute Gasteiger partial charge is 0.416 e. The Hall–Kier alpha value is -1.01. The molecule has 0 N–H and O–H groups in total. The van der Waals surface area contributed by atoms with Crippen molar-refractivity contribution in [2.24, 2.45) is 4.40 Å². The van der Waals surface area contributed by atoms with Crippen molar-refractivity contribution in [3.05, 3.63) is 34.9 Å². The Bertz CT molecular complexity index is 511. The number of hydrogen-bond donors (Lipinski definition) is 0. The summed E-state index contributed by atoms with van der Waals surface area (Å²) in [6.45, 7) is 3.53. The van der Waals surface area contributed by atoms with Gasteiger partial charge in [-0.25, -0.2) is 0 Å². The molecule has 0 radical (unpaired) electrons. The third kappa shape index (κ3) is 3.12. The van der Waals surface area contributed by atoms with Gasteiger partial charge in [0.2, 0.25) is 0 Å². The van der Waals surface area contributed by atoms with Crippen LogP contribution in [-0.2, 0) is 24.0 Å². The average Bonchev–Trinajstić information content (AvgIpc) is 2.70. The lowest BCUT2D eigenvalue weighted by atomic mass is 10.1. The maximum absolute atomic E-state index is 12.7. The molecule has 0 saturated heterocycles. The van der Waals surface area contributed by atoms with Gasteiger partial charge in [0, 0.05) is 5.56 Å². The minimum atomic E-state index is -4.36. The summed E-state index contributed by atoms with van der Waals surface area (Å²) in [4.78, 5) is 0. The van der Waals surface area contributed by atoms with E-state index in [1.54, 1.807) is 13.8 Å². The third-order valence-corrected chi connectivity index (χ3v) is 4.19. The van der Waals surface area contributed by atoms with Crippen LogP contribution in [0.3, 0.4) is 0 Å². The first-order valence-electron chi connectivity index (χ1n) is 5.98. The Morgan fingerprint density at radius 2 is 1.95 bits per heavy atom. The quantitative estimate of drug-likeness (QED) is 0.767. The van der Waals surface area contributed by atoms with E-state index < -0.39 is 23.1 Å². The van der Waals surface area contributed by atoms with Crippen molar-refractivity contribution in [3.8, 4) is 0 Å². The molecule has 0 aliphatic heterocycles. The van der Waals surface area contributed by atoms with Gasteiger partial charge in [-0.2, -0.15) is 13.2 Å². The van der Waals surface area contributed by atoms with Crippen LogP contribution in [0.4, 0.5) is 13.2 Å². The van der Waals surface area contributed by atoms with Gasteiger partial charge in [0.25, 0.3) is 0 Å². The monoisotopic (exact) mass is 289 g/mol. The predicted molar refractivity (Wildman–Crippen MR) is 69.6 cm³/mol. The zero-order valence-corrected chi connectivity index (χ0v) is 11.4. The normalized spacial score (nSPS) is 19.0. The van der Waals surface area contributed by atoms with Gasteiger partial charge < -0.3 is 4.55 Å². The SMILES string of the molecule is CC(C)[S+]([O-])/N=C1\CCc2ccc(C(F)(F)F)cc21. The summed E-state index contributed by atoms with van der Waals surface area (Å²) in [6.07, 6.45) is -3.16. The number of hydrogen-bond acceptors (Lipinski definition) is 2. The van der Waals surface area contributed by atoms with Crippen LogP contribution in [0.25, 0.3) is 0 Å². The van der Waals surface area contributed by atoms with Crippen molar-refractivity contribution in [3.63, 3.8) is 0 Å². The van der Waals surface area contributed by atoms with Gasteiger partial charge in [0.1, 0.15) is 5.25 Å². The van der Waals surface area contributed by atoms with Gasteiger partial charge in [0.15, 0.2) is 0 Å². The van der Waals surface area contributed by atoms with Crippen LogP contribution < -0.4 is 0 Å². The van der Waals surface area contributed by atoms with E-state index >= 15 is 0 Å². The number of alkyl halides is 3. The van der Waals surface area contributed by atoms with Crippen LogP contribution in [0.5, 0.6) is 0 Å². The van der Waals surface area contributed by atoms with Crippen LogP contribution in [0.2, 0.25) is 0 Å². The van der Waals surface area contributed by atoms with E-state index in [-0.39, 0.29) is 5.25 Å². The van der Waals surface area contributed by atoms with E-state index in [2.05, 4.69) is 4.40 Å². The van der Waals surface area contributed by atoms with Gasteiger partial charge >= 0.3 is 6.18 Å². The number of benzene rings is 1.